The van der Waals surface area contributed by atoms with Gasteiger partial charge >= 0.3 is 0 Å². The highest BCUT2D eigenvalue weighted by molar-refractivity contribution is 5.16. The molecular formula is C16H23N5. The highest BCUT2D eigenvalue weighted by Gasteiger charge is 2.26. The predicted octanol–water partition coefficient (Wildman–Crippen LogP) is 2.30. The predicted molar refractivity (Wildman–Crippen MR) is 82.0 cm³/mol. The lowest BCUT2D eigenvalue weighted by Gasteiger charge is -2.15. The van der Waals surface area contributed by atoms with E-state index in [1.165, 1.54) is 5.56 Å². The van der Waals surface area contributed by atoms with Gasteiger partial charge in [-0.3, -0.25) is 9.58 Å². The van der Waals surface area contributed by atoms with Gasteiger partial charge in [0.05, 0.1) is 5.69 Å². The topological polar surface area (TPSA) is 46.8 Å². The third kappa shape index (κ3) is 3.13. The molecule has 0 N–H and O–H groups in total. The molecule has 1 saturated heterocycles. The van der Waals surface area contributed by atoms with Crippen LogP contribution in [0.1, 0.15) is 42.0 Å². The van der Waals surface area contributed by atoms with Crippen LogP contribution in [-0.2, 0) is 13.1 Å². The van der Waals surface area contributed by atoms with Crippen molar-refractivity contribution >= 4 is 0 Å². The lowest BCUT2D eigenvalue weighted by Crippen LogP contribution is -2.20. The van der Waals surface area contributed by atoms with Crippen molar-refractivity contribution in [1.82, 2.24) is 24.6 Å². The van der Waals surface area contributed by atoms with Crippen molar-refractivity contribution in [1.29, 1.82) is 0 Å². The summed E-state index contributed by atoms with van der Waals surface area (Å²) in [5, 5.41) is 4.53. The second kappa shape index (κ2) is 5.93. The molecule has 5 nitrogen and oxygen atoms in total. The average Bonchev–Trinajstić information content (AvgIpc) is 3.07. The van der Waals surface area contributed by atoms with Crippen molar-refractivity contribution < 1.29 is 0 Å². The molecule has 0 unspecified atom stereocenters. The Kier molecular flexibility index (Phi) is 4.01. The summed E-state index contributed by atoms with van der Waals surface area (Å²) in [4.78, 5) is 11.5. The Labute approximate surface area is 126 Å². The van der Waals surface area contributed by atoms with Gasteiger partial charge in [0.1, 0.15) is 5.82 Å². The van der Waals surface area contributed by atoms with Crippen LogP contribution in [0.4, 0.5) is 0 Å². The van der Waals surface area contributed by atoms with E-state index in [0.717, 1.165) is 49.8 Å². The van der Waals surface area contributed by atoms with Gasteiger partial charge in [-0.15, -0.1) is 0 Å². The molecule has 1 atom stereocenters. The fourth-order valence-electron chi connectivity index (χ4n) is 2.97. The Morgan fingerprint density at radius 3 is 2.90 bits per heavy atom. The van der Waals surface area contributed by atoms with E-state index in [-0.39, 0.29) is 0 Å². The third-order valence-corrected chi connectivity index (χ3v) is 4.22. The van der Waals surface area contributed by atoms with Crippen molar-refractivity contribution in [3.63, 3.8) is 0 Å². The van der Waals surface area contributed by atoms with Crippen LogP contribution in [0.2, 0.25) is 0 Å². The smallest absolute Gasteiger partial charge is 0.132 e. The van der Waals surface area contributed by atoms with Crippen molar-refractivity contribution in [2.45, 2.75) is 46.2 Å². The van der Waals surface area contributed by atoms with E-state index < -0.39 is 0 Å². The van der Waals surface area contributed by atoms with Crippen molar-refractivity contribution in [3.8, 4) is 0 Å². The molecule has 0 aliphatic carbocycles. The van der Waals surface area contributed by atoms with Crippen molar-refractivity contribution in [2.75, 3.05) is 13.1 Å². The second-order valence-corrected chi connectivity index (χ2v) is 5.87. The van der Waals surface area contributed by atoms with Crippen LogP contribution in [0.25, 0.3) is 0 Å². The fraction of sp³-hybridized carbons (Fsp3) is 0.562. The first-order chi connectivity index (χ1) is 10.2. The van der Waals surface area contributed by atoms with Gasteiger partial charge in [0.25, 0.3) is 0 Å². The van der Waals surface area contributed by atoms with Crippen LogP contribution in [-0.4, -0.2) is 37.7 Å². The number of nitrogens with zero attached hydrogens (tertiary/aromatic N) is 5. The molecule has 0 spiro atoms. The number of aryl methyl sites for hydroxylation is 3. The molecule has 2 aromatic rings. The first kappa shape index (κ1) is 14.2. The maximum absolute atomic E-state index is 4.58. The molecule has 0 amide bonds. The Balaban J connectivity index is 1.65. The summed E-state index contributed by atoms with van der Waals surface area (Å²) < 4.78 is 2.02. The largest absolute Gasteiger partial charge is 0.298 e. The molecular weight excluding hydrogens is 262 g/mol. The van der Waals surface area contributed by atoms with Crippen LogP contribution in [0.15, 0.2) is 18.5 Å². The van der Waals surface area contributed by atoms with E-state index in [1.807, 2.05) is 23.9 Å². The van der Waals surface area contributed by atoms with Crippen LogP contribution >= 0.6 is 0 Å². The molecule has 2 aromatic heterocycles. The van der Waals surface area contributed by atoms with E-state index in [9.17, 15) is 0 Å². The van der Waals surface area contributed by atoms with Crippen LogP contribution in [0.5, 0.6) is 0 Å². The highest BCUT2D eigenvalue weighted by Crippen LogP contribution is 2.26. The Morgan fingerprint density at radius 1 is 1.33 bits per heavy atom. The molecule has 21 heavy (non-hydrogen) atoms. The number of likely N-dealkylation sites (tertiary alicyclic amines) is 1. The van der Waals surface area contributed by atoms with E-state index >= 15 is 0 Å². The van der Waals surface area contributed by atoms with Gasteiger partial charge in [-0.1, -0.05) is 0 Å². The van der Waals surface area contributed by atoms with Gasteiger partial charge in [0.15, 0.2) is 0 Å². The van der Waals surface area contributed by atoms with Gasteiger partial charge < -0.3 is 0 Å². The fourth-order valence-corrected chi connectivity index (χ4v) is 2.97. The minimum atomic E-state index is 0.464. The molecule has 1 aliphatic rings. The summed E-state index contributed by atoms with van der Waals surface area (Å²) in [6.07, 6.45) is 5.19. The van der Waals surface area contributed by atoms with E-state index in [0.29, 0.717) is 5.92 Å². The standard InChI is InChI=1S/C16H23N5/c1-4-21-11-15(13(3)19-21)10-20-8-6-14(9-20)16-17-7-5-12(2)18-16/h5,7,11,14H,4,6,8-10H2,1-3H3/t14-/m0/s1. The normalized spacial score (nSPS) is 19.3. The van der Waals surface area contributed by atoms with Gasteiger partial charge in [0, 0.05) is 49.2 Å². The Bertz CT molecular complexity index is 619. The molecule has 112 valence electrons. The van der Waals surface area contributed by atoms with Gasteiger partial charge in [-0.2, -0.15) is 5.10 Å². The van der Waals surface area contributed by atoms with Crippen LogP contribution in [0.3, 0.4) is 0 Å². The third-order valence-electron chi connectivity index (χ3n) is 4.22. The summed E-state index contributed by atoms with van der Waals surface area (Å²) in [7, 11) is 0. The van der Waals surface area contributed by atoms with Gasteiger partial charge in [-0.25, -0.2) is 9.97 Å². The molecule has 3 heterocycles. The summed E-state index contributed by atoms with van der Waals surface area (Å²) in [5.74, 6) is 1.46. The summed E-state index contributed by atoms with van der Waals surface area (Å²) in [6, 6.07) is 1.96. The minimum absolute atomic E-state index is 0.464. The zero-order chi connectivity index (χ0) is 14.8. The number of hydrogen-bond acceptors (Lipinski definition) is 4. The van der Waals surface area contributed by atoms with Crippen LogP contribution < -0.4 is 0 Å². The molecule has 3 rings (SSSR count). The van der Waals surface area contributed by atoms with Gasteiger partial charge in [0.2, 0.25) is 0 Å². The van der Waals surface area contributed by atoms with Crippen LogP contribution in [0, 0.1) is 13.8 Å². The first-order valence-corrected chi connectivity index (χ1v) is 7.70. The quantitative estimate of drug-likeness (QED) is 0.865. The summed E-state index contributed by atoms with van der Waals surface area (Å²) in [6.45, 7) is 10.3. The molecule has 1 fully saturated rings. The monoisotopic (exact) mass is 285 g/mol. The second-order valence-electron chi connectivity index (χ2n) is 5.87. The SMILES string of the molecule is CCn1cc(CN2CC[C@H](c3nccc(C)n3)C2)c(C)n1. The average molecular weight is 285 g/mol. The Hall–Kier alpha value is -1.75. The lowest BCUT2D eigenvalue weighted by molar-refractivity contribution is 0.325. The summed E-state index contributed by atoms with van der Waals surface area (Å²) >= 11 is 0. The molecule has 0 aromatic carbocycles. The van der Waals surface area contributed by atoms with E-state index in [2.05, 4.69) is 40.0 Å². The zero-order valence-electron chi connectivity index (χ0n) is 13.1. The van der Waals surface area contributed by atoms with Crippen molar-refractivity contribution in [3.05, 3.63) is 41.2 Å². The first-order valence-electron chi connectivity index (χ1n) is 7.70. The maximum atomic E-state index is 4.58. The lowest BCUT2D eigenvalue weighted by atomic mass is 10.1. The Morgan fingerprint density at radius 2 is 2.19 bits per heavy atom. The number of rotatable bonds is 4. The molecule has 1 aliphatic heterocycles. The zero-order valence-corrected chi connectivity index (χ0v) is 13.1. The molecule has 0 bridgehead atoms. The summed E-state index contributed by atoms with van der Waals surface area (Å²) in [5.41, 5.74) is 3.54. The molecule has 0 saturated carbocycles. The molecule has 5 heteroatoms. The number of aromatic nitrogens is 4. The maximum Gasteiger partial charge on any atom is 0.132 e. The number of hydrogen-bond donors (Lipinski definition) is 0. The van der Waals surface area contributed by atoms with E-state index in [1.54, 1.807) is 0 Å². The van der Waals surface area contributed by atoms with E-state index in [4.69, 9.17) is 0 Å². The van der Waals surface area contributed by atoms with Gasteiger partial charge in [-0.05, 0) is 39.8 Å². The highest BCUT2D eigenvalue weighted by atomic mass is 15.3. The van der Waals surface area contributed by atoms with Crippen molar-refractivity contribution in [2.24, 2.45) is 0 Å². The molecule has 0 radical (unpaired) electrons. The minimum Gasteiger partial charge on any atom is -0.298 e.